The van der Waals surface area contributed by atoms with Gasteiger partial charge in [0.05, 0.1) is 18.8 Å². The predicted molar refractivity (Wildman–Crippen MR) is 106 cm³/mol. The number of aryl methyl sites for hydroxylation is 3. The molecule has 0 saturated carbocycles. The molecule has 6 heteroatoms. The van der Waals surface area contributed by atoms with Crippen LogP contribution in [0.2, 0.25) is 0 Å². The maximum atomic E-state index is 12.7. The van der Waals surface area contributed by atoms with Crippen molar-refractivity contribution in [1.29, 1.82) is 0 Å². The molecule has 2 amide bonds. The van der Waals surface area contributed by atoms with E-state index in [0.717, 1.165) is 22.5 Å². The Morgan fingerprint density at radius 3 is 2.48 bits per heavy atom. The lowest BCUT2D eigenvalue weighted by molar-refractivity contribution is -0.127. The third-order valence-corrected chi connectivity index (χ3v) is 4.68. The summed E-state index contributed by atoms with van der Waals surface area (Å²) in [4.78, 5) is 26.7. The first-order valence-electron chi connectivity index (χ1n) is 8.99. The molecule has 0 fully saturated rings. The summed E-state index contributed by atoms with van der Waals surface area (Å²) in [5.74, 6) is 0.269. The molecule has 0 spiro atoms. The van der Waals surface area contributed by atoms with E-state index < -0.39 is 6.10 Å². The van der Waals surface area contributed by atoms with Crippen LogP contribution in [0.4, 0.5) is 11.4 Å². The van der Waals surface area contributed by atoms with Gasteiger partial charge in [-0.25, -0.2) is 0 Å². The van der Waals surface area contributed by atoms with Gasteiger partial charge in [-0.3, -0.25) is 9.59 Å². The molecule has 3 rings (SSSR count). The Morgan fingerprint density at radius 1 is 1.15 bits per heavy atom. The molecule has 2 N–H and O–H groups in total. The first-order valence-corrected chi connectivity index (χ1v) is 8.99. The van der Waals surface area contributed by atoms with Crippen LogP contribution in [-0.2, 0) is 9.59 Å². The molecule has 0 bridgehead atoms. The number of amides is 2. The van der Waals surface area contributed by atoms with E-state index >= 15 is 0 Å². The van der Waals surface area contributed by atoms with Crippen molar-refractivity contribution in [2.75, 3.05) is 30.4 Å². The van der Waals surface area contributed by atoms with E-state index in [1.165, 1.54) is 5.56 Å². The molecule has 0 aliphatic carbocycles. The van der Waals surface area contributed by atoms with Gasteiger partial charge < -0.3 is 20.3 Å². The summed E-state index contributed by atoms with van der Waals surface area (Å²) < 4.78 is 5.78. The van der Waals surface area contributed by atoms with Gasteiger partial charge in [-0.2, -0.15) is 0 Å². The van der Waals surface area contributed by atoms with Crippen molar-refractivity contribution in [3.05, 3.63) is 53.1 Å². The lowest BCUT2D eigenvalue weighted by Crippen LogP contribution is -2.50. The van der Waals surface area contributed by atoms with Gasteiger partial charge in [-0.1, -0.05) is 29.8 Å². The van der Waals surface area contributed by atoms with Crippen LogP contribution in [0.3, 0.4) is 0 Å². The average molecular weight is 367 g/mol. The van der Waals surface area contributed by atoms with Crippen LogP contribution >= 0.6 is 0 Å². The van der Waals surface area contributed by atoms with Crippen molar-refractivity contribution in [2.24, 2.45) is 0 Å². The number of ether oxygens (including phenoxy) is 1. The van der Waals surface area contributed by atoms with Gasteiger partial charge in [0.25, 0.3) is 5.91 Å². The van der Waals surface area contributed by atoms with Gasteiger partial charge in [0.15, 0.2) is 6.10 Å². The van der Waals surface area contributed by atoms with E-state index in [4.69, 9.17) is 4.74 Å². The Morgan fingerprint density at radius 2 is 1.81 bits per heavy atom. The molecular formula is C21H25N3O3. The number of nitrogens with zero attached hydrogens (tertiary/aromatic N) is 1. The lowest BCUT2D eigenvalue weighted by Gasteiger charge is -2.35. The van der Waals surface area contributed by atoms with Crippen LogP contribution in [-0.4, -0.2) is 38.1 Å². The molecule has 1 aliphatic heterocycles. The molecule has 27 heavy (non-hydrogen) atoms. The van der Waals surface area contributed by atoms with Crippen molar-refractivity contribution in [3.8, 4) is 5.75 Å². The number of likely N-dealkylation sites (N-methyl/N-ethyl adjacent to an activating group) is 1. The number of carbonyl (C=O) groups is 2. The van der Waals surface area contributed by atoms with E-state index in [1.807, 2.05) is 62.1 Å². The number of rotatable bonds is 4. The number of anilines is 2. The number of para-hydroxylation sites is 2. The Hall–Kier alpha value is -3.02. The lowest BCUT2D eigenvalue weighted by atomic mass is 10.1. The topological polar surface area (TPSA) is 70.7 Å². The molecule has 1 aliphatic rings. The fourth-order valence-corrected chi connectivity index (χ4v) is 3.48. The van der Waals surface area contributed by atoms with E-state index in [0.29, 0.717) is 12.3 Å². The van der Waals surface area contributed by atoms with E-state index in [1.54, 1.807) is 7.05 Å². The highest BCUT2D eigenvalue weighted by molar-refractivity contribution is 5.96. The molecule has 0 radical (unpaired) electrons. The molecule has 0 saturated heterocycles. The maximum Gasteiger partial charge on any atom is 0.262 e. The highest BCUT2D eigenvalue weighted by Crippen LogP contribution is 2.33. The Bertz CT molecular complexity index is 856. The van der Waals surface area contributed by atoms with Crippen LogP contribution in [0, 0.1) is 20.8 Å². The smallest absolute Gasteiger partial charge is 0.262 e. The summed E-state index contributed by atoms with van der Waals surface area (Å²) in [6, 6.07) is 11.5. The van der Waals surface area contributed by atoms with Crippen LogP contribution in [0.15, 0.2) is 36.4 Å². The van der Waals surface area contributed by atoms with Gasteiger partial charge in [0, 0.05) is 12.7 Å². The number of fused-ring (bicyclic) bond motifs is 1. The molecule has 142 valence electrons. The fraction of sp³-hybridized carbons (Fsp3) is 0.333. The zero-order valence-electron chi connectivity index (χ0n) is 16.1. The van der Waals surface area contributed by atoms with Crippen LogP contribution in [0.25, 0.3) is 0 Å². The van der Waals surface area contributed by atoms with Gasteiger partial charge in [-0.15, -0.1) is 0 Å². The molecule has 1 heterocycles. The summed E-state index contributed by atoms with van der Waals surface area (Å²) in [6.07, 6.45) is -0.652. The monoisotopic (exact) mass is 367 g/mol. The summed E-state index contributed by atoms with van der Waals surface area (Å²) in [5, 5.41) is 5.63. The normalized spacial score (nSPS) is 15.6. The number of hydrogen-bond donors (Lipinski definition) is 2. The second-order valence-electron chi connectivity index (χ2n) is 6.89. The summed E-state index contributed by atoms with van der Waals surface area (Å²) in [7, 11) is 1.58. The zero-order chi connectivity index (χ0) is 19.6. The number of carbonyl (C=O) groups excluding carboxylic acids is 2. The number of benzene rings is 2. The molecule has 0 aromatic heterocycles. The largest absolute Gasteiger partial charge is 0.477 e. The standard InChI is InChI=1S/C21H25N3O3/c1-13-9-14(2)20(15(3)10-13)23-19(25)12-24-11-18(21(26)22-4)27-17-8-6-5-7-16(17)24/h5-10,18H,11-12H2,1-4H3,(H,22,26)(H,23,25)/t18-/m1/s1. The number of hydrogen-bond acceptors (Lipinski definition) is 4. The first-order chi connectivity index (χ1) is 12.9. The van der Waals surface area contributed by atoms with Crippen molar-refractivity contribution in [1.82, 2.24) is 5.32 Å². The summed E-state index contributed by atoms with van der Waals surface area (Å²) in [6.45, 7) is 6.47. The van der Waals surface area contributed by atoms with E-state index in [2.05, 4.69) is 10.6 Å². The SMILES string of the molecule is CNC(=O)[C@H]1CN(CC(=O)Nc2c(C)cc(C)cc2C)c2ccccc2O1. The van der Waals surface area contributed by atoms with E-state index in [-0.39, 0.29) is 18.4 Å². The fourth-order valence-electron chi connectivity index (χ4n) is 3.48. The van der Waals surface area contributed by atoms with Gasteiger partial charge >= 0.3 is 0 Å². The predicted octanol–water partition coefficient (Wildman–Crippen LogP) is 2.56. The Balaban J connectivity index is 1.79. The molecule has 0 unspecified atom stereocenters. The second kappa shape index (κ2) is 7.70. The van der Waals surface area contributed by atoms with Gasteiger partial charge in [-0.05, 0) is 44.0 Å². The van der Waals surface area contributed by atoms with Gasteiger partial charge in [0.2, 0.25) is 5.91 Å². The van der Waals surface area contributed by atoms with Crippen molar-refractivity contribution in [3.63, 3.8) is 0 Å². The quantitative estimate of drug-likeness (QED) is 0.871. The molecule has 2 aromatic carbocycles. The first kappa shape index (κ1) is 18.8. The van der Waals surface area contributed by atoms with E-state index in [9.17, 15) is 9.59 Å². The molecule has 1 atom stereocenters. The average Bonchev–Trinajstić information content (AvgIpc) is 2.63. The Labute approximate surface area is 159 Å². The van der Waals surface area contributed by atoms with Crippen LogP contribution < -0.4 is 20.3 Å². The van der Waals surface area contributed by atoms with Crippen molar-refractivity contribution < 1.29 is 14.3 Å². The molecule has 6 nitrogen and oxygen atoms in total. The zero-order valence-corrected chi connectivity index (χ0v) is 16.1. The van der Waals surface area contributed by atoms with Crippen molar-refractivity contribution >= 4 is 23.2 Å². The molecule has 2 aromatic rings. The summed E-state index contributed by atoms with van der Waals surface area (Å²) in [5.41, 5.74) is 4.89. The van der Waals surface area contributed by atoms with Crippen LogP contribution in [0.1, 0.15) is 16.7 Å². The minimum atomic E-state index is -0.652. The highest BCUT2D eigenvalue weighted by atomic mass is 16.5. The number of nitrogens with one attached hydrogen (secondary N) is 2. The summed E-state index contributed by atoms with van der Waals surface area (Å²) >= 11 is 0. The van der Waals surface area contributed by atoms with Crippen molar-refractivity contribution in [2.45, 2.75) is 26.9 Å². The maximum absolute atomic E-state index is 12.7. The minimum Gasteiger partial charge on any atom is -0.477 e. The third kappa shape index (κ3) is 4.05. The Kier molecular flexibility index (Phi) is 5.35. The highest BCUT2D eigenvalue weighted by Gasteiger charge is 2.31. The third-order valence-electron chi connectivity index (χ3n) is 4.68. The minimum absolute atomic E-state index is 0.127. The van der Waals surface area contributed by atoms with Gasteiger partial charge in [0.1, 0.15) is 5.75 Å². The van der Waals surface area contributed by atoms with Crippen LogP contribution in [0.5, 0.6) is 5.75 Å². The molecular weight excluding hydrogens is 342 g/mol. The second-order valence-corrected chi connectivity index (χ2v) is 6.89.